The normalized spacial score (nSPS) is 22.0. The first kappa shape index (κ1) is 24.9. The van der Waals surface area contributed by atoms with Crippen LogP contribution in [0.3, 0.4) is 0 Å². The van der Waals surface area contributed by atoms with Gasteiger partial charge >= 0.3 is 12.2 Å². The highest BCUT2D eigenvalue weighted by atomic mass is 28.4. The lowest BCUT2D eigenvalue weighted by atomic mass is 10.0. The SMILES string of the molecule is C[C@H]1C=C[C@H](CO[Si](C)(C)C(C)(C)C)N(C(=O)O)C[C@@H]1NC(=O)OCc1ccccc1. The Hall–Kier alpha value is -2.32. The van der Waals surface area contributed by atoms with Gasteiger partial charge in [0.25, 0.3) is 0 Å². The van der Waals surface area contributed by atoms with Gasteiger partial charge in [0.15, 0.2) is 8.32 Å². The molecule has 0 unspecified atom stereocenters. The number of nitrogens with zero attached hydrogens (tertiary/aromatic N) is 1. The van der Waals surface area contributed by atoms with Gasteiger partial charge < -0.3 is 19.6 Å². The molecular weight excluding hydrogens is 412 g/mol. The molecule has 1 aliphatic rings. The molecule has 31 heavy (non-hydrogen) atoms. The zero-order valence-electron chi connectivity index (χ0n) is 19.4. The van der Waals surface area contributed by atoms with Crippen molar-refractivity contribution in [2.24, 2.45) is 5.92 Å². The van der Waals surface area contributed by atoms with Gasteiger partial charge in [0, 0.05) is 6.54 Å². The molecule has 0 spiro atoms. The average Bonchev–Trinajstić information content (AvgIpc) is 2.84. The van der Waals surface area contributed by atoms with Crippen molar-refractivity contribution in [3.05, 3.63) is 48.0 Å². The molecule has 7 nitrogen and oxygen atoms in total. The molecule has 172 valence electrons. The zero-order chi connectivity index (χ0) is 23.2. The van der Waals surface area contributed by atoms with E-state index in [1.165, 1.54) is 4.90 Å². The third-order valence-corrected chi connectivity index (χ3v) is 10.7. The molecule has 3 atom stereocenters. The summed E-state index contributed by atoms with van der Waals surface area (Å²) in [5, 5.41) is 12.7. The molecule has 2 rings (SSSR count). The number of carbonyl (C=O) groups is 2. The third-order valence-electron chi connectivity index (χ3n) is 6.25. The first-order valence-electron chi connectivity index (χ1n) is 10.7. The van der Waals surface area contributed by atoms with Crippen LogP contribution in [0.1, 0.15) is 33.3 Å². The van der Waals surface area contributed by atoms with Gasteiger partial charge in [-0.1, -0.05) is 70.2 Å². The number of hydrogen-bond donors (Lipinski definition) is 2. The van der Waals surface area contributed by atoms with Crippen LogP contribution < -0.4 is 5.32 Å². The largest absolute Gasteiger partial charge is 0.465 e. The van der Waals surface area contributed by atoms with Crippen molar-refractivity contribution in [3.63, 3.8) is 0 Å². The van der Waals surface area contributed by atoms with Gasteiger partial charge in [0.1, 0.15) is 6.61 Å². The Bertz CT molecular complexity index is 776. The molecule has 0 aromatic heterocycles. The van der Waals surface area contributed by atoms with Crippen LogP contribution >= 0.6 is 0 Å². The predicted molar refractivity (Wildman–Crippen MR) is 124 cm³/mol. The minimum atomic E-state index is -2.02. The molecule has 1 heterocycles. The second kappa shape index (κ2) is 10.3. The van der Waals surface area contributed by atoms with Crippen LogP contribution in [0.15, 0.2) is 42.5 Å². The number of nitrogens with one attached hydrogen (secondary N) is 1. The quantitative estimate of drug-likeness (QED) is 0.479. The fourth-order valence-electron chi connectivity index (χ4n) is 3.02. The number of rotatable bonds is 6. The summed E-state index contributed by atoms with van der Waals surface area (Å²) in [4.78, 5) is 25.7. The number of amides is 2. The van der Waals surface area contributed by atoms with Gasteiger partial charge in [-0.3, -0.25) is 4.90 Å². The van der Waals surface area contributed by atoms with Crippen LogP contribution in [-0.2, 0) is 15.8 Å². The summed E-state index contributed by atoms with van der Waals surface area (Å²) >= 11 is 0. The minimum Gasteiger partial charge on any atom is -0.465 e. The highest BCUT2D eigenvalue weighted by Gasteiger charge is 2.39. The van der Waals surface area contributed by atoms with E-state index in [0.717, 1.165) is 5.56 Å². The second-order valence-electron chi connectivity index (χ2n) is 9.63. The lowest BCUT2D eigenvalue weighted by molar-refractivity contribution is 0.102. The smallest absolute Gasteiger partial charge is 0.407 e. The van der Waals surface area contributed by atoms with Gasteiger partial charge in [0.05, 0.1) is 18.7 Å². The Morgan fingerprint density at radius 2 is 1.84 bits per heavy atom. The molecule has 1 aliphatic heterocycles. The molecular formula is C23H36N2O5Si. The van der Waals surface area contributed by atoms with Crippen LogP contribution in [0.2, 0.25) is 18.1 Å². The minimum absolute atomic E-state index is 0.0371. The van der Waals surface area contributed by atoms with E-state index in [0.29, 0.717) is 6.61 Å². The van der Waals surface area contributed by atoms with E-state index in [2.05, 4.69) is 39.2 Å². The first-order chi connectivity index (χ1) is 14.4. The van der Waals surface area contributed by atoms with E-state index in [9.17, 15) is 14.7 Å². The number of benzene rings is 1. The lowest BCUT2D eigenvalue weighted by Gasteiger charge is -2.38. The van der Waals surface area contributed by atoms with Crippen LogP contribution in [0, 0.1) is 5.92 Å². The molecule has 0 fully saturated rings. The molecule has 1 aromatic carbocycles. The summed E-state index contributed by atoms with van der Waals surface area (Å²) < 4.78 is 11.6. The fourth-order valence-corrected chi connectivity index (χ4v) is 4.04. The van der Waals surface area contributed by atoms with E-state index in [1.807, 2.05) is 49.4 Å². The maximum Gasteiger partial charge on any atom is 0.407 e. The fraction of sp³-hybridized carbons (Fsp3) is 0.565. The molecule has 2 amide bonds. The Labute approximate surface area is 186 Å². The van der Waals surface area contributed by atoms with Crippen LogP contribution in [0.4, 0.5) is 9.59 Å². The molecule has 0 aliphatic carbocycles. The molecule has 0 radical (unpaired) electrons. The Morgan fingerprint density at radius 1 is 1.19 bits per heavy atom. The third kappa shape index (κ3) is 7.11. The second-order valence-corrected chi connectivity index (χ2v) is 14.4. The Balaban J connectivity index is 2.01. The molecule has 1 aromatic rings. The number of carbonyl (C=O) groups excluding carboxylic acids is 1. The van der Waals surface area contributed by atoms with Gasteiger partial charge in [-0.2, -0.15) is 0 Å². The van der Waals surface area contributed by atoms with Crippen molar-refractivity contribution in [3.8, 4) is 0 Å². The van der Waals surface area contributed by atoms with Crippen LogP contribution in [-0.4, -0.2) is 55.7 Å². The highest BCUT2D eigenvalue weighted by molar-refractivity contribution is 6.74. The maximum atomic E-state index is 12.3. The van der Waals surface area contributed by atoms with E-state index in [1.54, 1.807) is 0 Å². The number of alkyl carbamates (subject to hydrolysis) is 1. The lowest BCUT2D eigenvalue weighted by Crippen LogP contribution is -2.52. The van der Waals surface area contributed by atoms with Crippen molar-refractivity contribution >= 4 is 20.5 Å². The summed E-state index contributed by atoms with van der Waals surface area (Å²) in [5.74, 6) is -0.0519. The van der Waals surface area contributed by atoms with Crippen molar-refractivity contribution < 1.29 is 23.9 Å². The number of carboxylic acid groups (broad SMARTS) is 1. The first-order valence-corrected chi connectivity index (χ1v) is 13.6. The summed E-state index contributed by atoms with van der Waals surface area (Å²) in [5.41, 5.74) is 0.890. The molecule has 0 saturated carbocycles. The molecule has 0 saturated heterocycles. The van der Waals surface area contributed by atoms with Crippen molar-refractivity contribution in [1.82, 2.24) is 10.2 Å². The summed E-state index contributed by atoms with van der Waals surface area (Å²) in [7, 11) is -2.02. The van der Waals surface area contributed by atoms with Crippen molar-refractivity contribution in [2.45, 2.75) is 64.5 Å². The number of ether oxygens (including phenoxy) is 1. The van der Waals surface area contributed by atoms with E-state index >= 15 is 0 Å². The Kier molecular flexibility index (Phi) is 8.31. The molecule has 0 bridgehead atoms. The summed E-state index contributed by atoms with van der Waals surface area (Å²) in [6.07, 6.45) is 2.23. The predicted octanol–water partition coefficient (Wildman–Crippen LogP) is 4.86. The summed E-state index contributed by atoms with van der Waals surface area (Å²) in [6.45, 7) is 13.3. The van der Waals surface area contributed by atoms with E-state index in [-0.39, 0.29) is 24.1 Å². The van der Waals surface area contributed by atoms with E-state index < -0.39 is 32.6 Å². The van der Waals surface area contributed by atoms with Crippen LogP contribution in [0.5, 0.6) is 0 Å². The van der Waals surface area contributed by atoms with E-state index in [4.69, 9.17) is 9.16 Å². The topological polar surface area (TPSA) is 88.1 Å². The molecule has 2 N–H and O–H groups in total. The summed E-state index contributed by atoms with van der Waals surface area (Å²) in [6, 6.07) is 8.62. The van der Waals surface area contributed by atoms with Gasteiger partial charge in [-0.15, -0.1) is 0 Å². The standard InChI is InChI=1S/C23H36N2O5Si/c1-17-12-13-19(16-30-31(5,6)23(2,3)4)25(22(27)28)14-20(17)24-21(26)29-15-18-10-8-7-9-11-18/h7-13,17,19-20H,14-16H2,1-6H3,(H,24,26)(H,27,28)/t17-,19+,20-/m0/s1. The van der Waals surface area contributed by atoms with Crippen molar-refractivity contribution in [2.75, 3.05) is 13.2 Å². The zero-order valence-corrected chi connectivity index (χ0v) is 20.4. The maximum absolute atomic E-state index is 12.3. The van der Waals surface area contributed by atoms with Gasteiger partial charge in [0.2, 0.25) is 0 Å². The van der Waals surface area contributed by atoms with Gasteiger partial charge in [-0.05, 0) is 29.6 Å². The average molecular weight is 449 g/mol. The number of hydrogen-bond acceptors (Lipinski definition) is 4. The Morgan fingerprint density at radius 3 is 2.42 bits per heavy atom. The van der Waals surface area contributed by atoms with Gasteiger partial charge in [-0.25, -0.2) is 9.59 Å². The molecule has 8 heteroatoms. The highest BCUT2D eigenvalue weighted by Crippen LogP contribution is 2.36. The van der Waals surface area contributed by atoms with Crippen molar-refractivity contribution in [1.29, 1.82) is 0 Å². The monoisotopic (exact) mass is 448 g/mol. The van der Waals surface area contributed by atoms with Crippen LogP contribution in [0.25, 0.3) is 0 Å².